The normalized spacial score (nSPS) is 21.7. The summed E-state index contributed by atoms with van der Waals surface area (Å²) in [6.45, 7) is 12.3. The van der Waals surface area contributed by atoms with Gasteiger partial charge in [0.05, 0.1) is 26.2 Å². The van der Waals surface area contributed by atoms with Crippen LogP contribution in [0, 0.1) is 47.4 Å². The molecule has 2 saturated heterocycles. The van der Waals surface area contributed by atoms with Crippen molar-refractivity contribution >= 4 is 0 Å². The first-order chi connectivity index (χ1) is 27.7. The SMILES string of the molecule is C1#CCN2CCN(CC#CCOc3ccc(cc3)-c3ccc(cc3)OCC#CCN3CCN(CC#CCOc4ccc(cc4)-c4ccc(cc4)OC1)CC3)CC2. The van der Waals surface area contributed by atoms with E-state index in [-0.39, 0.29) is 0 Å². The lowest BCUT2D eigenvalue weighted by Crippen LogP contribution is -2.46. The minimum atomic E-state index is 0.367. The van der Waals surface area contributed by atoms with Crippen LogP contribution in [0.1, 0.15) is 0 Å². The van der Waals surface area contributed by atoms with Crippen LogP contribution in [0.2, 0.25) is 0 Å². The van der Waals surface area contributed by atoms with Gasteiger partial charge in [0.2, 0.25) is 0 Å². The molecule has 0 aromatic heterocycles. The van der Waals surface area contributed by atoms with Crippen molar-refractivity contribution in [3.8, 4) is 92.6 Å². The zero-order valence-corrected chi connectivity index (χ0v) is 32.0. The minimum Gasteiger partial charge on any atom is -0.481 e. The van der Waals surface area contributed by atoms with Crippen LogP contribution in [0.5, 0.6) is 23.0 Å². The van der Waals surface area contributed by atoms with E-state index in [2.05, 4.69) is 115 Å². The molecule has 0 N–H and O–H groups in total. The van der Waals surface area contributed by atoms with Gasteiger partial charge in [0.15, 0.2) is 0 Å². The molecule has 0 saturated carbocycles. The molecule has 0 aliphatic carbocycles. The Morgan fingerprint density at radius 3 is 0.661 bits per heavy atom. The summed E-state index contributed by atoms with van der Waals surface area (Å²) in [5.74, 6) is 29.0. The first-order valence-electron chi connectivity index (χ1n) is 19.4. The van der Waals surface area contributed by atoms with Gasteiger partial charge < -0.3 is 18.9 Å². The molecule has 16 rings (SSSR count). The van der Waals surface area contributed by atoms with E-state index in [1.165, 1.54) is 0 Å². The lowest BCUT2D eigenvalue weighted by molar-refractivity contribution is 0.157. The van der Waals surface area contributed by atoms with Crippen molar-refractivity contribution in [1.29, 1.82) is 0 Å². The standard InChI is InChI=1S/C48H48N4O4/c1-5-37-53-45-17-9-41(10-18-45)42-11-19-46(20-12-42)55-39-7-3-27-51-33-35-52(36-34-51)28-4-8-40-56-48-23-15-44(16-24-48)43-13-21-47(22-14-43)54-38-6-2-26-50-31-29-49(25-1)30-32-50/h9-24H,25-40H2. The molecule has 8 nitrogen and oxygen atoms in total. The second-order valence-electron chi connectivity index (χ2n) is 13.8. The van der Waals surface area contributed by atoms with Crippen molar-refractivity contribution < 1.29 is 18.9 Å². The Labute approximate surface area is 332 Å². The third-order valence-electron chi connectivity index (χ3n) is 9.97. The summed E-state index contributed by atoms with van der Waals surface area (Å²) < 4.78 is 23.6. The van der Waals surface area contributed by atoms with Crippen molar-refractivity contribution in [2.24, 2.45) is 0 Å². The van der Waals surface area contributed by atoms with Crippen LogP contribution in [0.3, 0.4) is 0 Å². The van der Waals surface area contributed by atoms with Crippen LogP contribution in [0.15, 0.2) is 97.1 Å². The van der Waals surface area contributed by atoms with Gasteiger partial charge in [0, 0.05) is 52.4 Å². The van der Waals surface area contributed by atoms with Gasteiger partial charge in [-0.15, -0.1) is 0 Å². The van der Waals surface area contributed by atoms with E-state index < -0.39 is 0 Å². The Kier molecular flexibility index (Phi) is 14.2. The summed E-state index contributed by atoms with van der Waals surface area (Å²) in [4.78, 5) is 9.51. The molecule has 0 spiro atoms. The number of benzene rings is 4. The summed E-state index contributed by atoms with van der Waals surface area (Å²) in [5, 5.41) is 0. The molecule has 12 bridgehead atoms. The average molecular weight is 745 g/mol. The maximum absolute atomic E-state index is 5.89. The maximum atomic E-state index is 5.89. The first kappa shape index (κ1) is 38.4. The van der Waals surface area contributed by atoms with Gasteiger partial charge in [0.1, 0.15) is 49.4 Å². The molecular weight excluding hydrogens is 697 g/mol. The van der Waals surface area contributed by atoms with E-state index in [0.717, 1.165) is 124 Å². The summed E-state index contributed by atoms with van der Waals surface area (Å²) in [6.07, 6.45) is 0. The minimum absolute atomic E-state index is 0.367. The second-order valence-corrected chi connectivity index (χ2v) is 13.8. The maximum Gasteiger partial charge on any atom is 0.149 e. The van der Waals surface area contributed by atoms with Crippen molar-refractivity contribution in [3.05, 3.63) is 97.1 Å². The number of nitrogens with zero attached hydrogens (tertiary/aromatic N) is 4. The molecule has 0 unspecified atom stereocenters. The van der Waals surface area contributed by atoms with E-state index >= 15 is 0 Å². The van der Waals surface area contributed by atoms with Crippen LogP contribution in [0.25, 0.3) is 22.3 Å². The lowest BCUT2D eigenvalue weighted by Gasteiger charge is -2.32. The lowest BCUT2D eigenvalue weighted by atomic mass is 10.1. The van der Waals surface area contributed by atoms with E-state index in [1.54, 1.807) is 0 Å². The fourth-order valence-corrected chi connectivity index (χ4v) is 6.54. The molecule has 2 fully saturated rings. The highest BCUT2D eigenvalue weighted by Crippen LogP contribution is 2.26. The van der Waals surface area contributed by atoms with Gasteiger partial charge in [-0.1, -0.05) is 95.9 Å². The molecule has 12 aliphatic heterocycles. The summed E-state index contributed by atoms with van der Waals surface area (Å²) in [7, 11) is 0. The van der Waals surface area contributed by atoms with Crippen LogP contribution in [-0.4, -0.2) is 125 Å². The van der Waals surface area contributed by atoms with Crippen LogP contribution in [0.4, 0.5) is 0 Å². The number of hydrogen-bond acceptors (Lipinski definition) is 8. The Morgan fingerprint density at radius 1 is 0.268 bits per heavy atom. The molecule has 0 amide bonds. The van der Waals surface area contributed by atoms with Gasteiger partial charge in [-0.3, -0.25) is 19.6 Å². The predicted molar refractivity (Wildman–Crippen MR) is 223 cm³/mol. The molecule has 0 radical (unpaired) electrons. The van der Waals surface area contributed by atoms with E-state index in [1.807, 2.05) is 48.5 Å². The first-order valence-corrected chi connectivity index (χ1v) is 19.4. The van der Waals surface area contributed by atoms with E-state index in [9.17, 15) is 0 Å². The van der Waals surface area contributed by atoms with Crippen molar-refractivity contribution in [2.75, 3.05) is 105 Å². The monoisotopic (exact) mass is 744 g/mol. The molecule has 4 aromatic rings. The van der Waals surface area contributed by atoms with Crippen LogP contribution >= 0.6 is 0 Å². The van der Waals surface area contributed by atoms with Gasteiger partial charge in [-0.25, -0.2) is 0 Å². The highest BCUT2D eigenvalue weighted by Gasteiger charge is 2.16. The summed E-state index contributed by atoms with van der Waals surface area (Å²) >= 11 is 0. The molecule has 56 heavy (non-hydrogen) atoms. The quantitative estimate of drug-likeness (QED) is 0.219. The number of hydrogen-bond donors (Lipinski definition) is 0. The van der Waals surface area contributed by atoms with Crippen molar-refractivity contribution in [3.63, 3.8) is 0 Å². The zero-order valence-electron chi connectivity index (χ0n) is 32.0. The molecule has 284 valence electrons. The fraction of sp³-hybridized carbons (Fsp3) is 0.333. The number of ether oxygens (including phenoxy) is 4. The smallest absolute Gasteiger partial charge is 0.149 e. The third-order valence-corrected chi connectivity index (χ3v) is 9.97. The Balaban J connectivity index is 0.917. The molecule has 12 aliphatic rings. The van der Waals surface area contributed by atoms with Crippen LogP contribution in [-0.2, 0) is 0 Å². The Morgan fingerprint density at radius 2 is 0.464 bits per heavy atom. The highest BCUT2D eigenvalue weighted by atomic mass is 16.5. The molecule has 4 aromatic carbocycles. The predicted octanol–water partition coefficient (Wildman–Crippen LogP) is 5.50. The van der Waals surface area contributed by atoms with Gasteiger partial charge in [-0.05, 0) is 70.8 Å². The number of rotatable bonds is 0. The van der Waals surface area contributed by atoms with Gasteiger partial charge >= 0.3 is 0 Å². The molecule has 8 heteroatoms. The van der Waals surface area contributed by atoms with E-state index in [4.69, 9.17) is 18.9 Å². The summed E-state index contributed by atoms with van der Waals surface area (Å²) in [5.41, 5.74) is 4.47. The second kappa shape index (κ2) is 20.7. The molecule has 12 heterocycles. The largest absolute Gasteiger partial charge is 0.481 e. The van der Waals surface area contributed by atoms with Gasteiger partial charge in [-0.2, -0.15) is 0 Å². The average Bonchev–Trinajstić information content (AvgIpc) is 3.25. The number of piperazine rings is 2. The van der Waals surface area contributed by atoms with Gasteiger partial charge in [0.25, 0.3) is 0 Å². The Bertz CT molecular complexity index is 1780. The summed E-state index contributed by atoms with van der Waals surface area (Å²) in [6, 6.07) is 32.5. The molecule has 0 atom stereocenters. The topological polar surface area (TPSA) is 49.9 Å². The molecular formula is C48H48N4O4. The van der Waals surface area contributed by atoms with E-state index in [0.29, 0.717) is 26.4 Å². The third kappa shape index (κ3) is 12.1. The Hall–Kier alpha value is -5.84. The zero-order chi connectivity index (χ0) is 38.0. The highest BCUT2D eigenvalue weighted by molar-refractivity contribution is 5.66. The van der Waals surface area contributed by atoms with Crippen molar-refractivity contribution in [2.45, 2.75) is 0 Å². The van der Waals surface area contributed by atoms with Crippen LogP contribution < -0.4 is 18.9 Å². The van der Waals surface area contributed by atoms with Crippen molar-refractivity contribution in [1.82, 2.24) is 19.6 Å². The fourth-order valence-electron chi connectivity index (χ4n) is 6.54.